The van der Waals surface area contributed by atoms with E-state index in [0.29, 0.717) is 11.1 Å². The molecule has 0 aliphatic heterocycles. The summed E-state index contributed by atoms with van der Waals surface area (Å²) in [5, 5.41) is 6.05. The molecule has 0 saturated heterocycles. The molecule has 3 rings (SSSR count). The predicted molar refractivity (Wildman–Crippen MR) is 83.7 cm³/mol. The maximum absolute atomic E-state index is 12.2. The number of aromatic nitrogens is 1. The van der Waals surface area contributed by atoms with Crippen LogP contribution < -0.4 is 10.6 Å². The quantitative estimate of drug-likeness (QED) is 0.897. The maximum Gasteiger partial charge on any atom is 0.253 e. The van der Waals surface area contributed by atoms with Crippen LogP contribution >= 0.6 is 0 Å². The van der Waals surface area contributed by atoms with Crippen LogP contribution in [0.4, 0.5) is 0 Å². The van der Waals surface area contributed by atoms with Crippen molar-refractivity contribution in [2.24, 2.45) is 0 Å². The second-order valence-corrected chi connectivity index (χ2v) is 6.37. The Balaban J connectivity index is 1.63. The van der Waals surface area contributed by atoms with Crippen molar-refractivity contribution in [1.82, 2.24) is 15.6 Å². The summed E-state index contributed by atoms with van der Waals surface area (Å²) in [5.41, 5.74) is 0.928. The van der Waals surface area contributed by atoms with E-state index in [1.54, 1.807) is 6.07 Å². The summed E-state index contributed by atoms with van der Waals surface area (Å²) < 4.78 is 0. The smallest absolute Gasteiger partial charge is 0.253 e. The van der Waals surface area contributed by atoms with E-state index >= 15 is 0 Å². The van der Waals surface area contributed by atoms with Crippen LogP contribution in [-0.4, -0.2) is 28.9 Å². The molecule has 0 unspecified atom stereocenters. The van der Waals surface area contributed by atoms with Gasteiger partial charge in [-0.3, -0.25) is 14.6 Å². The second kappa shape index (κ2) is 6.90. The standard InChI is InChI=1S/C17H23N3O2/c21-16(19-14-5-1-2-6-14)12-9-13(11-18-10-12)17(22)20-15-7-3-4-8-15/h9-11,14-15H,1-8H2,(H,19,21)(H,20,22). The van der Waals surface area contributed by atoms with Crippen LogP contribution in [0, 0.1) is 0 Å². The molecule has 1 heterocycles. The largest absolute Gasteiger partial charge is 0.349 e. The van der Waals surface area contributed by atoms with Gasteiger partial charge in [-0.05, 0) is 31.7 Å². The Kier molecular flexibility index (Phi) is 4.71. The van der Waals surface area contributed by atoms with Gasteiger partial charge in [0.1, 0.15) is 0 Å². The van der Waals surface area contributed by atoms with E-state index < -0.39 is 0 Å². The summed E-state index contributed by atoms with van der Waals surface area (Å²) in [6.45, 7) is 0. The molecule has 118 valence electrons. The van der Waals surface area contributed by atoms with Gasteiger partial charge in [-0.2, -0.15) is 0 Å². The van der Waals surface area contributed by atoms with Crippen molar-refractivity contribution >= 4 is 11.8 Å². The van der Waals surface area contributed by atoms with E-state index in [0.717, 1.165) is 25.7 Å². The minimum atomic E-state index is -0.130. The molecule has 2 N–H and O–H groups in total. The maximum atomic E-state index is 12.2. The molecule has 2 saturated carbocycles. The molecule has 2 aliphatic carbocycles. The van der Waals surface area contributed by atoms with Crippen LogP contribution in [0.2, 0.25) is 0 Å². The molecule has 1 aromatic heterocycles. The third kappa shape index (κ3) is 3.64. The van der Waals surface area contributed by atoms with E-state index in [1.165, 1.54) is 38.1 Å². The summed E-state index contributed by atoms with van der Waals surface area (Å²) in [7, 11) is 0. The highest BCUT2D eigenvalue weighted by molar-refractivity contribution is 5.99. The Morgan fingerprint density at radius 2 is 1.23 bits per heavy atom. The molecule has 22 heavy (non-hydrogen) atoms. The lowest BCUT2D eigenvalue weighted by molar-refractivity contribution is 0.0937. The van der Waals surface area contributed by atoms with E-state index in [9.17, 15) is 9.59 Å². The number of hydrogen-bond acceptors (Lipinski definition) is 3. The molecule has 2 amide bonds. The van der Waals surface area contributed by atoms with Gasteiger partial charge in [0.05, 0.1) is 11.1 Å². The zero-order chi connectivity index (χ0) is 15.4. The Morgan fingerprint density at radius 3 is 1.64 bits per heavy atom. The van der Waals surface area contributed by atoms with Gasteiger partial charge in [-0.25, -0.2) is 0 Å². The highest BCUT2D eigenvalue weighted by Gasteiger charge is 2.21. The number of pyridine rings is 1. The van der Waals surface area contributed by atoms with Crippen molar-refractivity contribution in [2.75, 3.05) is 0 Å². The number of rotatable bonds is 4. The molecule has 5 nitrogen and oxygen atoms in total. The molecule has 0 spiro atoms. The zero-order valence-corrected chi connectivity index (χ0v) is 12.8. The van der Waals surface area contributed by atoms with Crippen LogP contribution in [0.5, 0.6) is 0 Å². The molecule has 0 atom stereocenters. The number of nitrogens with zero attached hydrogens (tertiary/aromatic N) is 1. The molecule has 5 heteroatoms. The first-order chi connectivity index (χ1) is 10.7. The highest BCUT2D eigenvalue weighted by Crippen LogP contribution is 2.19. The molecular weight excluding hydrogens is 278 g/mol. The van der Waals surface area contributed by atoms with Crippen LogP contribution in [0.15, 0.2) is 18.5 Å². The lowest BCUT2D eigenvalue weighted by atomic mass is 10.1. The Labute approximate surface area is 130 Å². The Hall–Kier alpha value is -1.91. The van der Waals surface area contributed by atoms with Crippen molar-refractivity contribution in [3.8, 4) is 0 Å². The summed E-state index contributed by atoms with van der Waals surface area (Å²) >= 11 is 0. The monoisotopic (exact) mass is 301 g/mol. The van der Waals surface area contributed by atoms with Gasteiger partial charge in [-0.1, -0.05) is 25.7 Å². The van der Waals surface area contributed by atoms with E-state index in [2.05, 4.69) is 15.6 Å². The average Bonchev–Trinajstić information content (AvgIpc) is 3.21. The molecule has 0 aromatic carbocycles. The van der Waals surface area contributed by atoms with Gasteiger partial charge >= 0.3 is 0 Å². The second-order valence-electron chi connectivity index (χ2n) is 6.37. The van der Waals surface area contributed by atoms with Crippen LogP contribution in [0.25, 0.3) is 0 Å². The fourth-order valence-corrected chi connectivity index (χ4v) is 3.37. The minimum Gasteiger partial charge on any atom is -0.349 e. The summed E-state index contributed by atoms with van der Waals surface area (Å²) in [4.78, 5) is 28.5. The Morgan fingerprint density at radius 1 is 0.818 bits per heavy atom. The van der Waals surface area contributed by atoms with Gasteiger partial charge in [0.25, 0.3) is 11.8 Å². The molecule has 0 bridgehead atoms. The molecule has 1 aromatic rings. The van der Waals surface area contributed by atoms with Gasteiger partial charge in [-0.15, -0.1) is 0 Å². The van der Waals surface area contributed by atoms with Crippen molar-refractivity contribution in [3.63, 3.8) is 0 Å². The number of nitrogens with one attached hydrogen (secondary N) is 2. The Bertz CT molecular complexity index is 501. The van der Waals surface area contributed by atoms with Gasteiger partial charge < -0.3 is 10.6 Å². The number of hydrogen-bond donors (Lipinski definition) is 2. The van der Waals surface area contributed by atoms with Gasteiger partial charge in [0.2, 0.25) is 0 Å². The number of carbonyl (C=O) groups excluding carboxylic acids is 2. The molecular formula is C17H23N3O2. The summed E-state index contributed by atoms with van der Waals surface area (Å²) in [6.07, 6.45) is 11.9. The predicted octanol–water partition coefficient (Wildman–Crippen LogP) is 2.43. The first kappa shape index (κ1) is 15.0. The molecule has 2 aliphatic rings. The average molecular weight is 301 g/mol. The summed E-state index contributed by atoms with van der Waals surface area (Å²) in [6, 6.07) is 2.17. The van der Waals surface area contributed by atoms with Crippen LogP contribution in [0.1, 0.15) is 72.1 Å². The fraction of sp³-hybridized carbons (Fsp3) is 0.588. The van der Waals surface area contributed by atoms with Crippen molar-refractivity contribution in [1.29, 1.82) is 0 Å². The highest BCUT2D eigenvalue weighted by atomic mass is 16.2. The van der Waals surface area contributed by atoms with Gasteiger partial charge in [0, 0.05) is 24.5 Å². The third-order valence-electron chi connectivity index (χ3n) is 4.64. The van der Waals surface area contributed by atoms with Crippen LogP contribution in [-0.2, 0) is 0 Å². The zero-order valence-electron chi connectivity index (χ0n) is 12.8. The van der Waals surface area contributed by atoms with Crippen molar-refractivity contribution in [2.45, 2.75) is 63.5 Å². The first-order valence-corrected chi connectivity index (χ1v) is 8.29. The summed E-state index contributed by atoms with van der Waals surface area (Å²) in [5.74, 6) is -0.259. The molecule has 0 radical (unpaired) electrons. The SMILES string of the molecule is O=C(NC1CCCC1)c1cncc(C(=O)NC2CCCC2)c1. The first-order valence-electron chi connectivity index (χ1n) is 8.29. The minimum absolute atomic E-state index is 0.130. The number of amides is 2. The number of carbonyl (C=O) groups is 2. The fourth-order valence-electron chi connectivity index (χ4n) is 3.37. The van der Waals surface area contributed by atoms with E-state index in [1.807, 2.05) is 0 Å². The van der Waals surface area contributed by atoms with E-state index in [4.69, 9.17) is 0 Å². The van der Waals surface area contributed by atoms with Gasteiger partial charge in [0.15, 0.2) is 0 Å². The topological polar surface area (TPSA) is 71.1 Å². The lowest BCUT2D eigenvalue weighted by Crippen LogP contribution is -2.34. The van der Waals surface area contributed by atoms with Crippen LogP contribution in [0.3, 0.4) is 0 Å². The van der Waals surface area contributed by atoms with Crippen molar-refractivity contribution < 1.29 is 9.59 Å². The third-order valence-corrected chi connectivity index (χ3v) is 4.64. The lowest BCUT2D eigenvalue weighted by Gasteiger charge is -2.13. The normalized spacial score (nSPS) is 19.3. The molecule has 2 fully saturated rings. The van der Waals surface area contributed by atoms with E-state index in [-0.39, 0.29) is 23.9 Å². The van der Waals surface area contributed by atoms with Crippen molar-refractivity contribution in [3.05, 3.63) is 29.6 Å².